The summed E-state index contributed by atoms with van der Waals surface area (Å²) in [6.45, 7) is 8.58. The molecule has 1 aromatic carbocycles. The predicted octanol–water partition coefficient (Wildman–Crippen LogP) is 3.26. The van der Waals surface area contributed by atoms with E-state index in [9.17, 15) is 4.79 Å². The molecule has 0 radical (unpaired) electrons. The molecular formula is C21H32N4OS. The Labute approximate surface area is 167 Å². The number of nitrogens with one attached hydrogen (secondary N) is 2. The molecule has 0 spiro atoms. The van der Waals surface area contributed by atoms with Crippen LogP contribution < -0.4 is 10.9 Å². The third-order valence-electron chi connectivity index (χ3n) is 4.74. The molecule has 0 fully saturated rings. The van der Waals surface area contributed by atoms with Crippen LogP contribution in [-0.2, 0) is 6.54 Å². The highest BCUT2D eigenvalue weighted by Crippen LogP contribution is 2.14. The number of aryl methyl sites for hydroxylation is 1. The number of rotatable bonds is 8. The molecule has 6 heteroatoms. The summed E-state index contributed by atoms with van der Waals surface area (Å²) < 4.78 is 0. The highest BCUT2D eigenvalue weighted by molar-refractivity contribution is 7.80. The summed E-state index contributed by atoms with van der Waals surface area (Å²) in [4.78, 5) is 19.9. The maximum atomic E-state index is 12.6. The first kappa shape index (κ1) is 21.4. The number of benzene rings is 1. The Balaban J connectivity index is 2.23. The number of hydrogen-bond donors (Lipinski definition) is 2. The van der Waals surface area contributed by atoms with Crippen molar-refractivity contribution in [2.75, 3.05) is 27.2 Å². The van der Waals surface area contributed by atoms with Crippen LogP contribution in [-0.4, -0.2) is 53.1 Å². The van der Waals surface area contributed by atoms with Gasteiger partial charge in [-0.3, -0.25) is 4.79 Å². The second-order valence-electron chi connectivity index (χ2n) is 7.55. The molecule has 0 bridgehead atoms. The quantitative estimate of drug-likeness (QED) is 0.680. The maximum Gasteiger partial charge on any atom is 0.253 e. The zero-order valence-electron chi connectivity index (χ0n) is 17.1. The van der Waals surface area contributed by atoms with Gasteiger partial charge in [0, 0.05) is 23.7 Å². The third kappa shape index (κ3) is 6.33. The predicted molar refractivity (Wildman–Crippen MR) is 118 cm³/mol. The van der Waals surface area contributed by atoms with Crippen LogP contribution in [0.15, 0.2) is 29.1 Å². The number of nitrogens with zero attached hydrogens (tertiary/aromatic N) is 2. The molecule has 0 unspecified atom stereocenters. The van der Waals surface area contributed by atoms with Crippen LogP contribution in [0.4, 0.5) is 0 Å². The standard InChI is InChI=1S/C21H32N4OS/c1-6-16(3)22-21(27)25(11-7-10-24(4)5)14-18-13-17-9-8-15(2)12-19(17)23-20(18)26/h8-9,12-13,16H,6-7,10-11,14H2,1-5H3,(H,22,27)(H,23,26)/t16-/m0/s1. The number of pyridine rings is 1. The van der Waals surface area contributed by atoms with Gasteiger partial charge in [-0.15, -0.1) is 0 Å². The van der Waals surface area contributed by atoms with Crippen molar-refractivity contribution < 1.29 is 0 Å². The number of aromatic amines is 1. The van der Waals surface area contributed by atoms with Crippen LogP contribution in [0.3, 0.4) is 0 Å². The lowest BCUT2D eigenvalue weighted by Crippen LogP contribution is -2.44. The Morgan fingerprint density at radius 2 is 2.00 bits per heavy atom. The largest absolute Gasteiger partial charge is 0.360 e. The molecule has 27 heavy (non-hydrogen) atoms. The van der Waals surface area contributed by atoms with E-state index in [2.05, 4.69) is 60.2 Å². The summed E-state index contributed by atoms with van der Waals surface area (Å²) in [5, 5.41) is 5.14. The summed E-state index contributed by atoms with van der Waals surface area (Å²) in [6.07, 6.45) is 1.99. The van der Waals surface area contributed by atoms with Crippen LogP contribution >= 0.6 is 12.2 Å². The van der Waals surface area contributed by atoms with E-state index in [1.165, 1.54) is 0 Å². The van der Waals surface area contributed by atoms with Crippen LogP contribution in [0, 0.1) is 6.92 Å². The number of H-pyrrole nitrogens is 1. The second-order valence-corrected chi connectivity index (χ2v) is 7.94. The van der Waals surface area contributed by atoms with Crippen molar-refractivity contribution in [3.05, 3.63) is 45.7 Å². The molecule has 0 aliphatic rings. The molecular weight excluding hydrogens is 356 g/mol. The third-order valence-corrected chi connectivity index (χ3v) is 5.12. The number of thiocarbonyl (C=S) groups is 1. The summed E-state index contributed by atoms with van der Waals surface area (Å²) in [5.41, 5.74) is 2.71. The molecule has 0 amide bonds. The monoisotopic (exact) mass is 388 g/mol. The molecule has 0 aliphatic heterocycles. The molecule has 2 rings (SSSR count). The average molecular weight is 389 g/mol. The SMILES string of the molecule is CC[C@H](C)NC(=S)N(CCCN(C)C)Cc1cc2ccc(C)cc2[nH]c1=O. The topological polar surface area (TPSA) is 51.4 Å². The first-order chi connectivity index (χ1) is 12.8. The normalized spacial score (nSPS) is 12.4. The Bertz CT molecular complexity index is 831. The lowest BCUT2D eigenvalue weighted by atomic mass is 10.1. The number of hydrogen-bond acceptors (Lipinski definition) is 3. The smallest absolute Gasteiger partial charge is 0.253 e. The molecule has 1 atom stereocenters. The van der Waals surface area contributed by atoms with Crippen molar-refractivity contribution in [3.8, 4) is 0 Å². The van der Waals surface area contributed by atoms with Crippen molar-refractivity contribution in [1.29, 1.82) is 0 Å². The fourth-order valence-electron chi connectivity index (χ4n) is 2.92. The fourth-order valence-corrected chi connectivity index (χ4v) is 3.27. The van der Waals surface area contributed by atoms with Gasteiger partial charge in [0.05, 0.1) is 6.54 Å². The van der Waals surface area contributed by atoms with E-state index < -0.39 is 0 Å². The highest BCUT2D eigenvalue weighted by Gasteiger charge is 2.14. The van der Waals surface area contributed by atoms with E-state index in [0.29, 0.717) is 17.7 Å². The van der Waals surface area contributed by atoms with Crippen molar-refractivity contribution in [2.24, 2.45) is 0 Å². The summed E-state index contributed by atoms with van der Waals surface area (Å²) in [7, 11) is 4.13. The van der Waals surface area contributed by atoms with E-state index >= 15 is 0 Å². The summed E-state index contributed by atoms with van der Waals surface area (Å²) in [6, 6.07) is 8.42. The van der Waals surface area contributed by atoms with Gasteiger partial charge in [-0.05, 0) is 82.6 Å². The van der Waals surface area contributed by atoms with Crippen molar-refractivity contribution in [3.63, 3.8) is 0 Å². The van der Waals surface area contributed by atoms with E-state index in [1.807, 2.05) is 19.1 Å². The minimum atomic E-state index is -0.0444. The van der Waals surface area contributed by atoms with E-state index in [-0.39, 0.29) is 5.56 Å². The highest BCUT2D eigenvalue weighted by atomic mass is 32.1. The van der Waals surface area contributed by atoms with Gasteiger partial charge in [0.25, 0.3) is 5.56 Å². The molecule has 0 saturated carbocycles. The van der Waals surface area contributed by atoms with Crippen molar-refractivity contribution in [2.45, 2.75) is 46.2 Å². The van der Waals surface area contributed by atoms with E-state index in [4.69, 9.17) is 12.2 Å². The zero-order valence-corrected chi connectivity index (χ0v) is 17.9. The Morgan fingerprint density at radius 1 is 1.26 bits per heavy atom. The van der Waals surface area contributed by atoms with Gasteiger partial charge in [0.1, 0.15) is 0 Å². The van der Waals surface area contributed by atoms with Crippen LogP contribution in [0.1, 0.15) is 37.8 Å². The Hall–Kier alpha value is -1.92. The maximum absolute atomic E-state index is 12.6. The molecule has 0 aliphatic carbocycles. The molecule has 148 valence electrons. The minimum absolute atomic E-state index is 0.0444. The van der Waals surface area contributed by atoms with Gasteiger partial charge >= 0.3 is 0 Å². The molecule has 1 aromatic heterocycles. The van der Waals surface area contributed by atoms with Gasteiger partial charge in [-0.2, -0.15) is 0 Å². The van der Waals surface area contributed by atoms with Crippen LogP contribution in [0.25, 0.3) is 10.9 Å². The molecule has 0 saturated heterocycles. The first-order valence-electron chi connectivity index (χ1n) is 9.63. The van der Waals surface area contributed by atoms with Gasteiger partial charge < -0.3 is 20.1 Å². The lowest BCUT2D eigenvalue weighted by molar-refractivity contribution is 0.338. The van der Waals surface area contributed by atoms with Gasteiger partial charge in [-0.1, -0.05) is 19.1 Å². The lowest BCUT2D eigenvalue weighted by Gasteiger charge is -2.28. The molecule has 2 N–H and O–H groups in total. The van der Waals surface area contributed by atoms with Gasteiger partial charge in [0.2, 0.25) is 0 Å². The summed E-state index contributed by atoms with van der Waals surface area (Å²) in [5.74, 6) is 0. The second kappa shape index (κ2) is 9.85. The zero-order chi connectivity index (χ0) is 20.0. The van der Waals surface area contributed by atoms with Crippen molar-refractivity contribution in [1.82, 2.24) is 20.1 Å². The van der Waals surface area contributed by atoms with Gasteiger partial charge in [0.15, 0.2) is 5.11 Å². The van der Waals surface area contributed by atoms with E-state index in [0.717, 1.165) is 48.0 Å². The molecule has 2 aromatic rings. The number of fused-ring (bicyclic) bond motifs is 1. The summed E-state index contributed by atoms with van der Waals surface area (Å²) >= 11 is 5.64. The van der Waals surface area contributed by atoms with E-state index in [1.54, 1.807) is 0 Å². The Morgan fingerprint density at radius 3 is 2.67 bits per heavy atom. The van der Waals surface area contributed by atoms with Crippen LogP contribution in [0.2, 0.25) is 0 Å². The van der Waals surface area contributed by atoms with Gasteiger partial charge in [-0.25, -0.2) is 0 Å². The average Bonchev–Trinajstić information content (AvgIpc) is 2.60. The molecule has 5 nitrogen and oxygen atoms in total. The Kier molecular flexibility index (Phi) is 7.80. The first-order valence-corrected chi connectivity index (χ1v) is 10.0. The fraction of sp³-hybridized carbons (Fsp3) is 0.524. The molecule has 1 heterocycles. The minimum Gasteiger partial charge on any atom is -0.360 e. The van der Waals surface area contributed by atoms with Crippen LogP contribution in [0.5, 0.6) is 0 Å². The number of aromatic nitrogens is 1. The van der Waals surface area contributed by atoms with Crippen molar-refractivity contribution >= 4 is 28.2 Å².